The fourth-order valence-electron chi connectivity index (χ4n) is 4.06. The summed E-state index contributed by atoms with van der Waals surface area (Å²) in [7, 11) is 0. The molecule has 0 aromatic heterocycles. The number of hydrogen-bond donors (Lipinski definition) is 1. The molecule has 1 saturated heterocycles. The molecule has 2 aliphatic carbocycles. The highest BCUT2D eigenvalue weighted by Crippen LogP contribution is 2.63. The second-order valence-electron chi connectivity index (χ2n) is 7.34. The summed E-state index contributed by atoms with van der Waals surface area (Å²) in [6.45, 7) is 5.46. The predicted molar refractivity (Wildman–Crippen MR) is 74.9 cm³/mol. The van der Waals surface area contributed by atoms with Gasteiger partial charge in [-0.05, 0) is 25.2 Å². The third kappa shape index (κ3) is 1.74. The van der Waals surface area contributed by atoms with Gasteiger partial charge in [-0.2, -0.15) is 5.26 Å². The van der Waals surface area contributed by atoms with E-state index in [1.807, 2.05) is 6.92 Å². The van der Waals surface area contributed by atoms with E-state index in [0.717, 1.165) is 0 Å². The number of esters is 1. The maximum atomic E-state index is 12.5. The molecular formula is C16H20N2O4. The summed E-state index contributed by atoms with van der Waals surface area (Å²) < 4.78 is 5.33. The van der Waals surface area contributed by atoms with Crippen molar-refractivity contribution in [2.75, 3.05) is 0 Å². The van der Waals surface area contributed by atoms with Crippen molar-refractivity contribution in [1.82, 2.24) is 5.32 Å². The third-order valence-corrected chi connectivity index (χ3v) is 5.88. The normalized spacial score (nSPS) is 38.5. The van der Waals surface area contributed by atoms with Crippen LogP contribution in [-0.2, 0) is 19.1 Å². The van der Waals surface area contributed by atoms with Crippen molar-refractivity contribution in [2.24, 2.45) is 28.6 Å². The average molecular weight is 304 g/mol. The van der Waals surface area contributed by atoms with Crippen molar-refractivity contribution in [3.05, 3.63) is 0 Å². The van der Waals surface area contributed by atoms with Gasteiger partial charge in [0.25, 0.3) is 0 Å². The Kier molecular flexibility index (Phi) is 3.10. The molecule has 6 nitrogen and oxygen atoms in total. The van der Waals surface area contributed by atoms with Gasteiger partial charge in [-0.15, -0.1) is 0 Å². The largest absolute Gasteiger partial charge is 0.460 e. The Hall–Kier alpha value is -1.90. The molecule has 5 unspecified atom stereocenters. The van der Waals surface area contributed by atoms with Gasteiger partial charge in [0.05, 0.1) is 12.0 Å². The first kappa shape index (κ1) is 15.0. The van der Waals surface area contributed by atoms with E-state index >= 15 is 0 Å². The summed E-state index contributed by atoms with van der Waals surface area (Å²) in [6.07, 6.45) is 1.09. The molecule has 2 saturated carbocycles. The topological polar surface area (TPSA) is 96.3 Å². The molecule has 1 aliphatic heterocycles. The maximum absolute atomic E-state index is 12.5. The van der Waals surface area contributed by atoms with Gasteiger partial charge in [-0.25, -0.2) is 0 Å². The molecule has 0 spiro atoms. The average Bonchev–Trinajstić information content (AvgIpc) is 3.06. The number of fused-ring (bicyclic) bond motifs is 1. The number of nitrogens with one attached hydrogen (secondary N) is 1. The number of carbonyl (C=O) groups is 3. The molecular weight excluding hydrogens is 284 g/mol. The number of carbonyl (C=O) groups excluding carboxylic acids is 3. The Bertz CT molecular complexity index is 606. The third-order valence-electron chi connectivity index (χ3n) is 5.88. The molecule has 3 aliphatic rings. The highest BCUT2D eigenvalue weighted by molar-refractivity contribution is 6.00. The first-order valence-electron chi connectivity index (χ1n) is 7.74. The minimum Gasteiger partial charge on any atom is -0.460 e. The van der Waals surface area contributed by atoms with Crippen LogP contribution in [0.4, 0.5) is 0 Å². The Morgan fingerprint density at radius 1 is 1.50 bits per heavy atom. The van der Waals surface area contributed by atoms with Gasteiger partial charge in [0.1, 0.15) is 6.10 Å². The minimum absolute atomic E-state index is 0.0568. The summed E-state index contributed by atoms with van der Waals surface area (Å²) in [5.74, 6) is -1.94. The standard InChI is InChI=1S/C16H20N2O4/c1-4-15(2,3)13(20)18-12(19)10-8-5-9-11(10)22-14(21)16(9,6-8)7-17/h8-11H,4-6H2,1-3H3,(H,18,19,20). The van der Waals surface area contributed by atoms with E-state index in [0.29, 0.717) is 19.3 Å². The highest BCUT2D eigenvalue weighted by atomic mass is 16.6. The summed E-state index contributed by atoms with van der Waals surface area (Å²) in [5.41, 5.74) is -1.67. The van der Waals surface area contributed by atoms with Crippen molar-refractivity contribution < 1.29 is 19.1 Å². The molecule has 1 heterocycles. The van der Waals surface area contributed by atoms with Gasteiger partial charge in [0.2, 0.25) is 11.8 Å². The zero-order valence-electron chi connectivity index (χ0n) is 13.0. The number of ether oxygens (including phenoxy) is 1. The molecule has 0 aromatic rings. The predicted octanol–water partition coefficient (Wildman–Crippen LogP) is 1.16. The lowest BCUT2D eigenvalue weighted by molar-refractivity contribution is -0.147. The lowest BCUT2D eigenvalue weighted by atomic mass is 9.71. The van der Waals surface area contributed by atoms with Crippen LogP contribution in [0.1, 0.15) is 40.0 Å². The molecule has 1 N–H and O–H groups in total. The van der Waals surface area contributed by atoms with Crippen molar-refractivity contribution in [1.29, 1.82) is 5.26 Å². The van der Waals surface area contributed by atoms with Gasteiger partial charge in [-0.1, -0.05) is 20.8 Å². The number of imide groups is 1. The van der Waals surface area contributed by atoms with Crippen molar-refractivity contribution in [3.8, 4) is 6.07 Å². The van der Waals surface area contributed by atoms with Gasteiger partial charge in [0, 0.05) is 11.3 Å². The fourth-order valence-corrected chi connectivity index (χ4v) is 4.06. The van der Waals surface area contributed by atoms with Crippen LogP contribution in [0.3, 0.4) is 0 Å². The maximum Gasteiger partial charge on any atom is 0.327 e. The van der Waals surface area contributed by atoms with Gasteiger partial charge in [-0.3, -0.25) is 19.7 Å². The lowest BCUT2D eigenvalue weighted by Gasteiger charge is -2.28. The van der Waals surface area contributed by atoms with Crippen molar-refractivity contribution in [2.45, 2.75) is 46.1 Å². The van der Waals surface area contributed by atoms with Crippen LogP contribution in [-0.4, -0.2) is 23.9 Å². The first-order chi connectivity index (χ1) is 10.3. The minimum atomic E-state index is -1.06. The quantitative estimate of drug-likeness (QED) is 0.789. The van der Waals surface area contributed by atoms with Crippen molar-refractivity contribution in [3.63, 3.8) is 0 Å². The molecule has 5 atom stereocenters. The molecule has 2 amide bonds. The molecule has 3 rings (SSSR count). The Balaban J connectivity index is 1.77. The zero-order valence-corrected chi connectivity index (χ0v) is 13.0. The smallest absolute Gasteiger partial charge is 0.327 e. The molecule has 3 fully saturated rings. The van der Waals surface area contributed by atoms with E-state index in [2.05, 4.69) is 11.4 Å². The van der Waals surface area contributed by atoms with Crippen LogP contribution in [0.2, 0.25) is 0 Å². The number of hydrogen-bond acceptors (Lipinski definition) is 5. The monoisotopic (exact) mass is 304 g/mol. The van der Waals surface area contributed by atoms with Crippen LogP contribution in [0, 0.1) is 39.9 Å². The van der Waals surface area contributed by atoms with Gasteiger partial charge in [0.15, 0.2) is 5.41 Å². The molecule has 22 heavy (non-hydrogen) atoms. The van der Waals surface area contributed by atoms with Gasteiger partial charge >= 0.3 is 5.97 Å². The van der Waals surface area contributed by atoms with E-state index in [4.69, 9.17) is 4.74 Å². The molecule has 2 bridgehead atoms. The van der Waals surface area contributed by atoms with E-state index in [-0.39, 0.29) is 23.7 Å². The van der Waals surface area contributed by atoms with Crippen LogP contribution >= 0.6 is 0 Å². The number of nitriles is 1. The number of amides is 2. The zero-order chi connectivity index (χ0) is 16.3. The van der Waals surface area contributed by atoms with E-state index in [9.17, 15) is 19.6 Å². The molecule has 6 heteroatoms. The van der Waals surface area contributed by atoms with Crippen LogP contribution in [0.25, 0.3) is 0 Å². The summed E-state index contributed by atoms with van der Waals surface area (Å²) in [5, 5.41) is 11.8. The number of nitrogens with zero attached hydrogens (tertiary/aromatic N) is 1. The summed E-state index contributed by atoms with van der Waals surface area (Å²) in [6, 6.07) is 2.11. The Labute approximate surface area is 129 Å². The highest BCUT2D eigenvalue weighted by Gasteiger charge is 2.72. The second-order valence-corrected chi connectivity index (χ2v) is 7.34. The number of rotatable bonds is 3. The van der Waals surface area contributed by atoms with Gasteiger partial charge < -0.3 is 4.74 Å². The summed E-state index contributed by atoms with van der Waals surface area (Å²) in [4.78, 5) is 36.7. The van der Waals surface area contributed by atoms with E-state index in [1.54, 1.807) is 13.8 Å². The lowest BCUT2D eigenvalue weighted by Crippen LogP contribution is -2.48. The van der Waals surface area contributed by atoms with E-state index in [1.165, 1.54) is 0 Å². The second kappa shape index (κ2) is 4.55. The SMILES string of the molecule is CCC(C)(C)C(=O)NC(=O)C1C2CC3C1OC(=O)C3(C#N)C2. The molecule has 118 valence electrons. The Morgan fingerprint density at radius 2 is 2.18 bits per heavy atom. The van der Waals surface area contributed by atoms with Crippen molar-refractivity contribution >= 4 is 17.8 Å². The van der Waals surface area contributed by atoms with E-state index < -0.39 is 28.8 Å². The van der Waals surface area contributed by atoms with Crippen LogP contribution in [0.5, 0.6) is 0 Å². The van der Waals surface area contributed by atoms with Crippen LogP contribution in [0.15, 0.2) is 0 Å². The summed E-state index contributed by atoms with van der Waals surface area (Å²) >= 11 is 0. The Morgan fingerprint density at radius 3 is 2.77 bits per heavy atom. The van der Waals surface area contributed by atoms with Crippen LogP contribution < -0.4 is 5.32 Å². The molecule has 0 radical (unpaired) electrons. The first-order valence-corrected chi connectivity index (χ1v) is 7.74. The fraction of sp³-hybridized carbons (Fsp3) is 0.750. The molecule has 0 aromatic carbocycles.